The van der Waals surface area contributed by atoms with E-state index in [2.05, 4.69) is 29.5 Å². The Bertz CT molecular complexity index is 317. The van der Waals surface area contributed by atoms with Crippen molar-refractivity contribution < 1.29 is 4.79 Å². The number of guanidine groups is 1. The molecule has 0 aromatic heterocycles. The van der Waals surface area contributed by atoms with Crippen LogP contribution in [0.5, 0.6) is 0 Å². The van der Waals surface area contributed by atoms with Gasteiger partial charge in [-0.3, -0.25) is 9.79 Å². The van der Waals surface area contributed by atoms with Gasteiger partial charge in [0.05, 0.1) is 0 Å². The Morgan fingerprint density at radius 1 is 1.19 bits per heavy atom. The maximum atomic E-state index is 11.5. The zero-order valence-corrected chi connectivity index (χ0v) is 13.8. The first-order chi connectivity index (χ1) is 10.3. The van der Waals surface area contributed by atoms with Crippen molar-refractivity contribution in [2.24, 2.45) is 4.99 Å². The van der Waals surface area contributed by atoms with Gasteiger partial charge in [-0.1, -0.05) is 26.2 Å². The minimum absolute atomic E-state index is 0.305. The summed E-state index contributed by atoms with van der Waals surface area (Å²) in [6.45, 7) is 8.72. The number of rotatable bonds is 10. The number of aliphatic imine (C=N–C) groups is 1. The Kier molecular flexibility index (Phi) is 9.66. The maximum absolute atomic E-state index is 11.5. The second-order valence-electron chi connectivity index (χ2n) is 5.59. The normalized spacial score (nSPS) is 15.6. The number of carbonyl (C=O) groups is 1. The molecule has 2 N–H and O–H groups in total. The van der Waals surface area contributed by atoms with E-state index < -0.39 is 0 Å². The van der Waals surface area contributed by atoms with Crippen LogP contribution in [0.15, 0.2) is 4.99 Å². The Labute approximate surface area is 129 Å². The first-order valence-electron chi connectivity index (χ1n) is 8.57. The third-order valence-electron chi connectivity index (χ3n) is 3.69. The predicted octanol–water partition coefficient (Wildman–Crippen LogP) is 2.13. The number of likely N-dealkylation sites (tertiary alicyclic amines) is 1. The number of amides is 1. The molecule has 1 amide bonds. The molecule has 122 valence electrons. The molecule has 0 atom stereocenters. The summed E-state index contributed by atoms with van der Waals surface area (Å²) in [6, 6.07) is 0. The molecule has 1 saturated heterocycles. The zero-order chi connectivity index (χ0) is 15.3. The highest BCUT2D eigenvalue weighted by Gasteiger charge is 2.18. The molecular formula is C16H32N4O. The van der Waals surface area contributed by atoms with Gasteiger partial charge < -0.3 is 15.5 Å². The summed E-state index contributed by atoms with van der Waals surface area (Å²) in [5, 5.41) is 6.64. The lowest BCUT2D eigenvalue weighted by Crippen LogP contribution is -2.38. The average Bonchev–Trinajstić information content (AvgIpc) is 2.88. The van der Waals surface area contributed by atoms with E-state index in [0.29, 0.717) is 5.91 Å². The lowest BCUT2D eigenvalue weighted by atomic mass is 10.2. The van der Waals surface area contributed by atoms with Gasteiger partial charge in [0.1, 0.15) is 0 Å². The van der Waals surface area contributed by atoms with E-state index in [1.807, 2.05) is 4.90 Å². The van der Waals surface area contributed by atoms with Crippen LogP contribution in [-0.4, -0.2) is 49.5 Å². The van der Waals surface area contributed by atoms with E-state index >= 15 is 0 Å². The molecule has 5 nitrogen and oxygen atoms in total. The zero-order valence-electron chi connectivity index (χ0n) is 13.8. The lowest BCUT2D eigenvalue weighted by Gasteiger charge is -2.15. The summed E-state index contributed by atoms with van der Waals surface area (Å²) in [6.07, 6.45) is 7.73. The fraction of sp³-hybridized carbons (Fsp3) is 0.875. The van der Waals surface area contributed by atoms with Gasteiger partial charge in [-0.15, -0.1) is 0 Å². The van der Waals surface area contributed by atoms with Gasteiger partial charge in [-0.25, -0.2) is 0 Å². The van der Waals surface area contributed by atoms with Gasteiger partial charge >= 0.3 is 0 Å². The molecule has 1 rings (SSSR count). The van der Waals surface area contributed by atoms with E-state index in [1.165, 1.54) is 25.7 Å². The van der Waals surface area contributed by atoms with Crippen molar-refractivity contribution >= 4 is 11.9 Å². The van der Waals surface area contributed by atoms with Crippen molar-refractivity contribution in [1.82, 2.24) is 15.5 Å². The minimum atomic E-state index is 0.305. The van der Waals surface area contributed by atoms with Gasteiger partial charge in [0.15, 0.2) is 5.96 Å². The van der Waals surface area contributed by atoms with Crippen LogP contribution in [0.1, 0.15) is 58.8 Å². The molecule has 1 aliphatic heterocycles. The van der Waals surface area contributed by atoms with Gasteiger partial charge in [-0.05, 0) is 26.2 Å². The molecule has 0 saturated carbocycles. The van der Waals surface area contributed by atoms with Crippen molar-refractivity contribution in [3.05, 3.63) is 0 Å². The van der Waals surface area contributed by atoms with Gasteiger partial charge in [0, 0.05) is 39.1 Å². The fourth-order valence-electron chi connectivity index (χ4n) is 2.49. The second kappa shape index (κ2) is 11.4. The van der Waals surface area contributed by atoms with Gasteiger partial charge in [0.2, 0.25) is 5.91 Å². The molecule has 1 fully saturated rings. The number of nitrogens with zero attached hydrogens (tertiary/aromatic N) is 2. The van der Waals surface area contributed by atoms with Crippen LogP contribution < -0.4 is 10.6 Å². The van der Waals surface area contributed by atoms with Gasteiger partial charge in [0.25, 0.3) is 0 Å². The first-order valence-corrected chi connectivity index (χ1v) is 8.57. The van der Waals surface area contributed by atoms with Crippen molar-refractivity contribution in [1.29, 1.82) is 0 Å². The van der Waals surface area contributed by atoms with Crippen LogP contribution in [0.3, 0.4) is 0 Å². The number of nitrogens with one attached hydrogen (secondary N) is 2. The molecular weight excluding hydrogens is 264 g/mol. The summed E-state index contributed by atoms with van der Waals surface area (Å²) in [4.78, 5) is 18.0. The quantitative estimate of drug-likeness (QED) is 0.369. The highest BCUT2D eigenvalue weighted by atomic mass is 16.2. The smallest absolute Gasteiger partial charge is 0.222 e. The highest BCUT2D eigenvalue weighted by molar-refractivity contribution is 5.79. The van der Waals surface area contributed by atoms with Crippen molar-refractivity contribution in [3.8, 4) is 0 Å². The summed E-state index contributed by atoms with van der Waals surface area (Å²) in [5.74, 6) is 1.21. The van der Waals surface area contributed by atoms with Crippen LogP contribution in [0.4, 0.5) is 0 Å². The summed E-state index contributed by atoms with van der Waals surface area (Å²) in [7, 11) is 0. The largest absolute Gasteiger partial charge is 0.357 e. The van der Waals surface area contributed by atoms with Crippen LogP contribution in [0.25, 0.3) is 0 Å². The Morgan fingerprint density at radius 2 is 2.05 bits per heavy atom. The molecule has 0 unspecified atom stereocenters. The Hall–Kier alpha value is -1.26. The van der Waals surface area contributed by atoms with E-state index in [9.17, 15) is 4.79 Å². The van der Waals surface area contributed by atoms with Crippen LogP contribution in [0.2, 0.25) is 0 Å². The molecule has 0 bridgehead atoms. The first kappa shape index (κ1) is 17.8. The number of hydrogen-bond acceptors (Lipinski definition) is 2. The molecule has 21 heavy (non-hydrogen) atoms. The van der Waals surface area contributed by atoms with E-state index in [-0.39, 0.29) is 0 Å². The summed E-state index contributed by atoms with van der Waals surface area (Å²) >= 11 is 0. The topological polar surface area (TPSA) is 56.7 Å². The SMILES string of the molecule is CCCCCCNC(=NCCCN1CCCC1=O)NCC. The predicted molar refractivity (Wildman–Crippen MR) is 88.6 cm³/mol. The number of carbonyl (C=O) groups excluding carboxylic acids is 1. The molecule has 0 aliphatic carbocycles. The standard InChI is InChI=1S/C16H32N4O/c1-3-5-6-7-11-18-16(17-4-2)19-12-9-14-20-13-8-10-15(20)21/h3-14H2,1-2H3,(H2,17,18,19). The highest BCUT2D eigenvalue weighted by Crippen LogP contribution is 2.09. The lowest BCUT2D eigenvalue weighted by molar-refractivity contribution is -0.127. The van der Waals surface area contributed by atoms with Crippen LogP contribution in [-0.2, 0) is 4.79 Å². The van der Waals surface area contributed by atoms with Crippen LogP contribution in [0, 0.1) is 0 Å². The van der Waals surface area contributed by atoms with E-state index in [1.54, 1.807) is 0 Å². The molecule has 0 aromatic carbocycles. The average molecular weight is 296 g/mol. The second-order valence-corrected chi connectivity index (χ2v) is 5.59. The third-order valence-corrected chi connectivity index (χ3v) is 3.69. The molecule has 0 radical (unpaired) electrons. The van der Waals surface area contributed by atoms with E-state index in [4.69, 9.17) is 0 Å². The van der Waals surface area contributed by atoms with Gasteiger partial charge in [-0.2, -0.15) is 0 Å². The molecule has 1 heterocycles. The molecule has 5 heteroatoms. The Balaban J connectivity index is 2.16. The monoisotopic (exact) mass is 296 g/mol. The summed E-state index contributed by atoms with van der Waals surface area (Å²) < 4.78 is 0. The number of hydrogen-bond donors (Lipinski definition) is 2. The maximum Gasteiger partial charge on any atom is 0.222 e. The van der Waals surface area contributed by atoms with Crippen LogP contribution >= 0.6 is 0 Å². The van der Waals surface area contributed by atoms with E-state index in [0.717, 1.165) is 57.9 Å². The minimum Gasteiger partial charge on any atom is -0.357 e. The third kappa shape index (κ3) is 7.93. The fourth-order valence-corrected chi connectivity index (χ4v) is 2.49. The Morgan fingerprint density at radius 3 is 2.71 bits per heavy atom. The van der Waals surface area contributed by atoms with Crippen molar-refractivity contribution in [2.75, 3.05) is 32.7 Å². The molecule has 1 aliphatic rings. The molecule has 0 spiro atoms. The summed E-state index contributed by atoms with van der Waals surface area (Å²) in [5.41, 5.74) is 0. The van der Waals surface area contributed by atoms with Crippen molar-refractivity contribution in [3.63, 3.8) is 0 Å². The van der Waals surface area contributed by atoms with Crippen molar-refractivity contribution in [2.45, 2.75) is 58.8 Å². The molecule has 0 aromatic rings. The number of unbranched alkanes of at least 4 members (excludes halogenated alkanes) is 3.